The van der Waals surface area contributed by atoms with Crippen molar-refractivity contribution < 1.29 is 9.59 Å². The van der Waals surface area contributed by atoms with Gasteiger partial charge in [0, 0.05) is 18.0 Å². The molecule has 0 aromatic rings. The van der Waals surface area contributed by atoms with Gasteiger partial charge in [0.2, 0.25) is 11.8 Å². The van der Waals surface area contributed by atoms with Crippen molar-refractivity contribution in [2.45, 2.75) is 64.6 Å². The molecule has 2 amide bonds. The second-order valence-electron chi connectivity index (χ2n) is 5.51. The minimum atomic E-state index is -0.476. The van der Waals surface area contributed by atoms with E-state index < -0.39 is 6.04 Å². The molecule has 0 aliphatic heterocycles. The molecule has 1 rings (SSSR count). The van der Waals surface area contributed by atoms with Crippen LogP contribution in [0.3, 0.4) is 0 Å². The maximum Gasteiger partial charge on any atom is 0.242 e. The van der Waals surface area contributed by atoms with Crippen LogP contribution in [-0.4, -0.2) is 29.9 Å². The molecule has 1 aliphatic carbocycles. The van der Waals surface area contributed by atoms with Crippen LogP contribution in [0.4, 0.5) is 0 Å². The fourth-order valence-electron chi connectivity index (χ4n) is 2.19. The summed E-state index contributed by atoms with van der Waals surface area (Å²) in [5, 5.41) is 5.56. The standard InChI is InChI=1S/C13H25N3O2/c1-8(2)15-12(17)9(3)16-13(18)10-4-6-11(14)7-5-10/h8-11H,4-7,14H2,1-3H3,(H,15,17)(H,16,18). The van der Waals surface area contributed by atoms with Gasteiger partial charge in [-0.15, -0.1) is 0 Å². The van der Waals surface area contributed by atoms with E-state index in [9.17, 15) is 9.59 Å². The van der Waals surface area contributed by atoms with Crippen molar-refractivity contribution in [2.24, 2.45) is 11.7 Å². The topological polar surface area (TPSA) is 84.2 Å². The van der Waals surface area contributed by atoms with E-state index in [1.165, 1.54) is 0 Å². The summed E-state index contributed by atoms with van der Waals surface area (Å²) in [6.07, 6.45) is 3.44. The molecule has 1 fully saturated rings. The van der Waals surface area contributed by atoms with Crippen molar-refractivity contribution in [1.82, 2.24) is 10.6 Å². The predicted molar refractivity (Wildman–Crippen MR) is 70.8 cm³/mol. The van der Waals surface area contributed by atoms with E-state index in [0.29, 0.717) is 0 Å². The lowest BCUT2D eigenvalue weighted by Crippen LogP contribution is -2.49. The highest BCUT2D eigenvalue weighted by Crippen LogP contribution is 2.23. The maximum absolute atomic E-state index is 12.0. The van der Waals surface area contributed by atoms with Crippen molar-refractivity contribution >= 4 is 11.8 Å². The average molecular weight is 255 g/mol. The zero-order valence-electron chi connectivity index (χ0n) is 11.5. The zero-order valence-corrected chi connectivity index (χ0v) is 11.5. The first kappa shape index (κ1) is 15.0. The second-order valence-corrected chi connectivity index (χ2v) is 5.51. The van der Waals surface area contributed by atoms with E-state index in [4.69, 9.17) is 5.73 Å². The summed E-state index contributed by atoms with van der Waals surface area (Å²) in [5.74, 6) is -0.140. The third-order valence-corrected chi connectivity index (χ3v) is 3.33. The number of hydrogen-bond acceptors (Lipinski definition) is 3. The van der Waals surface area contributed by atoms with E-state index >= 15 is 0 Å². The van der Waals surface area contributed by atoms with Gasteiger partial charge in [0.15, 0.2) is 0 Å². The monoisotopic (exact) mass is 255 g/mol. The van der Waals surface area contributed by atoms with E-state index in [1.807, 2.05) is 13.8 Å². The highest BCUT2D eigenvalue weighted by atomic mass is 16.2. The van der Waals surface area contributed by atoms with Crippen LogP contribution < -0.4 is 16.4 Å². The lowest BCUT2D eigenvalue weighted by molar-refractivity contribution is -0.131. The molecule has 104 valence electrons. The smallest absolute Gasteiger partial charge is 0.242 e. The highest BCUT2D eigenvalue weighted by molar-refractivity contribution is 5.88. The molecule has 5 heteroatoms. The Kier molecular flexibility index (Phi) is 5.59. The van der Waals surface area contributed by atoms with Gasteiger partial charge in [-0.2, -0.15) is 0 Å². The quantitative estimate of drug-likeness (QED) is 0.685. The van der Waals surface area contributed by atoms with Gasteiger partial charge in [-0.25, -0.2) is 0 Å². The van der Waals surface area contributed by atoms with Crippen LogP contribution in [0.25, 0.3) is 0 Å². The first-order chi connectivity index (χ1) is 8.40. The van der Waals surface area contributed by atoms with Gasteiger partial charge in [0.05, 0.1) is 0 Å². The third-order valence-electron chi connectivity index (χ3n) is 3.33. The minimum Gasteiger partial charge on any atom is -0.352 e. The van der Waals surface area contributed by atoms with Crippen LogP contribution in [0.5, 0.6) is 0 Å². The third kappa shape index (κ3) is 4.64. The number of nitrogens with one attached hydrogen (secondary N) is 2. The zero-order chi connectivity index (χ0) is 13.7. The summed E-state index contributed by atoms with van der Waals surface area (Å²) in [5.41, 5.74) is 5.81. The molecule has 1 saturated carbocycles. The van der Waals surface area contributed by atoms with E-state index in [0.717, 1.165) is 25.7 Å². The van der Waals surface area contributed by atoms with E-state index in [2.05, 4.69) is 10.6 Å². The molecule has 0 radical (unpaired) electrons. The number of rotatable bonds is 4. The lowest BCUT2D eigenvalue weighted by atomic mass is 9.86. The molecule has 1 unspecified atom stereocenters. The molecule has 1 aliphatic rings. The van der Waals surface area contributed by atoms with Gasteiger partial charge < -0.3 is 16.4 Å². The first-order valence-corrected chi connectivity index (χ1v) is 6.76. The fraction of sp³-hybridized carbons (Fsp3) is 0.846. The molecule has 18 heavy (non-hydrogen) atoms. The Morgan fingerprint density at radius 3 is 2.11 bits per heavy atom. The molecule has 0 heterocycles. The molecule has 0 spiro atoms. The summed E-state index contributed by atoms with van der Waals surface area (Å²) in [4.78, 5) is 23.7. The largest absolute Gasteiger partial charge is 0.352 e. The molecule has 5 nitrogen and oxygen atoms in total. The molecule has 0 aromatic heterocycles. The fourth-order valence-corrected chi connectivity index (χ4v) is 2.19. The Bertz CT molecular complexity index is 297. The Morgan fingerprint density at radius 1 is 1.06 bits per heavy atom. The van der Waals surface area contributed by atoms with Gasteiger partial charge in [-0.3, -0.25) is 9.59 Å². The van der Waals surface area contributed by atoms with Gasteiger partial charge in [0.25, 0.3) is 0 Å². The summed E-state index contributed by atoms with van der Waals surface area (Å²) in [6, 6.07) is -0.157. The van der Waals surface area contributed by atoms with Crippen LogP contribution >= 0.6 is 0 Å². The van der Waals surface area contributed by atoms with Crippen molar-refractivity contribution in [3.63, 3.8) is 0 Å². The number of amides is 2. The summed E-state index contributed by atoms with van der Waals surface area (Å²) >= 11 is 0. The van der Waals surface area contributed by atoms with E-state index in [1.54, 1.807) is 6.92 Å². The van der Waals surface area contributed by atoms with Gasteiger partial charge in [-0.05, 0) is 46.5 Å². The maximum atomic E-state index is 12.0. The van der Waals surface area contributed by atoms with Crippen molar-refractivity contribution in [2.75, 3.05) is 0 Å². The Labute approximate surface area is 109 Å². The molecular weight excluding hydrogens is 230 g/mol. The van der Waals surface area contributed by atoms with Crippen LogP contribution in [-0.2, 0) is 9.59 Å². The highest BCUT2D eigenvalue weighted by Gasteiger charge is 2.26. The van der Waals surface area contributed by atoms with E-state index in [-0.39, 0.29) is 29.8 Å². The van der Waals surface area contributed by atoms with Crippen LogP contribution in [0, 0.1) is 5.92 Å². The summed E-state index contributed by atoms with van der Waals surface area (Å²) in [6.45, 7) is 5.51. The number of carbonyl (C=O) groups excluding carboxylic acids is 2. The van der Waals surface area contributed by atoms with Gasteiger partial charge in [0.1, 0.15) is 6.04 Å². The average Bonchev–Trinajstić information content (AvgIpc) is 2.28. The SMILES string of the molecule is CC(C)NC(=O)C(C)NC(=O)C1CCC(N)CC1. The van der Waals surface area contributed by atoms with Crippen LogP contribution in [0.15, 0.2) is 0 Å². The molecular formula is C13H25N3O2. The molecule has 0 saturated heterocycles. The Balaban J connectivity index is 2.37. The Morgan fingerprint density at radius 2 is 1.61 bits per heavy atom. The molecule has 0 bridgehead atoms. The summed E-state index contributed by atoms with van der Waals surface area (Å²) in [7, 11) is 0. The normalized spacial score (nSPS) is 25.6. The van der Waals surface area contributed by atoms with Gasteiger partial charge >= 0.3 is 0 Å². The molecule has 0 aromatic carbocycles. The minimum absolute atomic E-state index is 0.0131. The predicted octanol–water partition coefficient (Wildman–Crippen LogP) is 0.533. The second kappa shape index (κ2) is 6.73. The first-order valence-electron chi connectivity index (χ1n) is 6.76. The number of nitrogens with two attached hydrogens (primary N) is 1. The lowest BCUT2D eigenvalue weighted by Gasteiger charge is -2.26. The molecule has 4 N–H and O–H groups in total. The van der Waals surface area contributed by atoms with Crippen molar-refractivity contribution in [3.8, 4) is 0 Å². The van der Waals surface area contributed by atoms with Crippen molar-refractivity contribution in [3.05, 3.63) is 0 Å². The Hall–Kier alpha value is -1.10. The van der Waals surface area contributed by atoms with Crippen molar-refractivity contribution in [1.29, 1.82) is 0 Å². The number of hydrogen-bond donors (Lipinski definition) is 3. The van der Waals surface area contributed by atoms with Crippen LogP contribution in [0.2, 0.25) is 0 Å². The summed E-state index contributed by atoms with van der Waals surface area (Å²) < 4.78 is 0. The van der Waals surface area contributed by atoms with Gasteiger partial charge in [-0.1, -0.05) is 0 Å². The molecule has 1 atom stereocenters. The number of carbonyl (C=O) groups is 2. The van der Waals surface area contributed by atoms with Crippen LogP contribution in [0.1, 0.15) is 46.5 Å².